The average Bonchev–Trinajstić information content (AvgIpc) is 1.47. The van der Waals surface area contributed by atoms with E-state index in [4.69, 9.17) is 0 Å². The quantitative estimate of drug-likeness (QED) is 0.165. The van der Waals surface area contributed by atoms with Gasteiger partial charge in [0, 0.05) is 21.7 Å². The third-order valence-corrected chi connectivity index (χ3v) is 56.2. The maximum atomic E-state index is 2.68. The molecular formula is C144H216. The van der Waals surface area contributed by atoms with E-state index in [0.29, 0.717) is 0 Å². The minimum atomic E-state index is -0.0585. The van der Waals surface area contributed by atoms with E-state index in [-0.39, 0.29) is 130 Å². The van der Waals surface area contributed by atoms with Crippen LogP contribution >= 0.6 is 0 Å². The normalized spacial score (nSPS) is 26.2. The van der Waals surface area contributed by atoms with Gasteiger partial charge in [-0.1, -0.05) is 277 Å². The summed E-state index contributed by atoms with van der Waals surface area (Å²) in [6.07, 6.45) is 0. The molecule has 0 saturated carbocycles. The minimum absolute atomic E-state index is 0.00197. The summed E-state index contributed by atoms with van der Waals surface area (Å²) in [6, 6.07) is 0. The van der Waals surface area contributed by atoms with E-state index in [1.165, 1.54) is 178 Å². The zero-order chi connectivity index (χ0) is 112. The predicted octanol–water partition coefficient (Wildman–Crippen LogP) is 40.0. The molecule has 0 spiro atoms. The molecule has 0 saturated heterocycles. The summed E-state index contributed by atoms with van der Waals surface area (Å²) >= 11 is 0. The molecule has 16 rings (SSSR count). The molecule has 8 aliphatic rings. The van der Waals surface area contributed by atoms with E-state index in [1.54, 1.807) is 89.0 Å². The van der Waals surface area contributed by atoms with E-state index in [0.717, 1.165) is 0 Å². The van der Waals surface area contributed by atoms with Crippen LogP contribution in [0.15, 0.2) is 0 Å². The fraction of sp³-hybridized carbons (Fsp3) is 0.667. The molecule has 4 atom stereocenters. The first-order valence-electron chi connectivity index (χ1n) is 57.0. The molecule has 8 aliphatic carbocycles. The fourth-order valence-electron chi connectivity index (χ4n) is 41.0. The Morgan fingerprint density at radius 1 is 0.0764 bits per heavy atom. The lowest BCUT2D eigenvalue weighted by Gasteiger charge is -2.66. The SMILES string of the molecule is Cc1c(C)c(C)c2c(c1C)C(C)(C)C(C)(C)C2(C)C1(C)C(C)(C)c2c(C)c(C)c(C)c(C)c2C1(C)C.Cc1c(C)c(C)c2c(c1C)C(C)(C)C(C)(C)C2(C)C1(C)C(C)(C)c2c(C)c(C)c(C)c(C)c2C1(C)C.Cc1c(C)c(C)c2c(c1C)C(C)(C)C(C)(C)C2(C)C1(C)c2c(C)c(C)c(C)c(C)c2C(C)(C)C1(C)C.Cc1c(C)c(C)c2c(c1C)C(C)(C)C(C)(C1(C)C(C)(C)c3c(C)c(C)c(C)c(C)c3C1(C)C)C2(C)C. The third-order valence-electron chi connectivity index (χ3n) is 56.2. The summed E-state index contributed by atoms with van der Waals surface area (Å²) in [6.45, 7) is 180. The summed E-state index contributed by atoms with van der Waals surface area (Å²) in [4.78, 5) is 0. The Bertz CT molecular complexity index is 6340. The summed E-state index contributed by atoms with van der Waals surface area (Å²) in [5.74, 6) is 0. The molecule has 8 aromatic carbocycles. The van der Waals surface area contributed by atoms with Crippen LogP contribution in [0, 0.1) is 265 Å². The molecule has 0 heterocycles. The zero-order valence-electron chi connectivity index (χ0n) is 108. The van der Waals surface area contributed by atoms with Crippen molar-refractivity contribution in [3.05, 3.63) is 267 Å². The predicted molar refractivity (Wildman–Crippen MR) is 636 cm³/mol. The van der Waals surface area contributed by atoms with Crippen LogP contribution in [0.25, 0.3) is 0 Å². The molecule has 0 heteroatoms. The highest BCUT2D eigenvalue weighted by molar-refractivity contribution is 5.76. The molecule has 0 fully saturated rings. The van der Waals surface area contributed by atoms with Gasteiger partial charge in [0.25, 0.3) is 0 Å². The van der Waals surface area contributed by atoms with Gasteiger partial charge in [-0.2, -0.15) is 0 Å². The number of hydrogen-bond donors (Lipinski definition) is 0. The molecule has 0 aliphatic heterocycles. The molecule has 0 nitrogen and oxygen atoms in total. The highest BCUT2D eigenvalue weighted by atomic mass is 14.9. The van der Waals surface area contributed by atoms with Crippen molar-refractivity contribution < 1.29 is 0 Å². The third kappa shape index (κ3) is 11.6. The maximum Gasteiger partial charge on any atom is 0.00896 e. The summed E-state index contributed by atoms with van der Waals surface area (Å²) in [5.41, 5.74) is 74.3. The monoisotopic (exact) mass is 1950 g/mol. The Morgan fingerprint density at radius 2 is 0.153 bits per heavy atom. The average molecular weight is 1950 g/mol. The van der Waals surface area contributed by atoms with E-state index < -0.39 is 0 Å². The first-order valence-corrected chi connectivity index (χ1v) is 57.0. The Kier molecular flexibility index (Phi) is 25.3. The van der Waals surface area contributed by atoms with Gasteiger partial charge in [-0.05, 0) is 597 Å². The van der Waals surface area contributed by atoms with Gasteiger partial charge < -0.3 is 0 Å². The van der Waals surface area contributed by atoms with Crippen molar-refractivity contribution in [1.29, 1.82) is 0 Å². The second kappa shape index (κ2) is 31.8. The van der Waals surface area contributed by atoms with Crippen LogP contribution < -0.4 is 0 Å². The molecule has 8 aromatic rings. The van der Waals surface area contributed by atoms with Crippen molar-refractivity contribution in [2.75, 3.05) is 0 Å². The molecule has 144 heavy (non-hydrogen) atoms. The van der Waals surface area contributed by atoms with Crippen LogP contribution in [0.4, 0.5) is 0 Å². The van der Waals surface area contributed by atoms with Gasteiger partial charge in [0.2, 0.25) is 0 Å². The van der Waals surface area contributed by atoms with Crippen LogP contribution in [0.5, 0.6) is 0 Å². The minimum Gasteiger partial charge on any atom is -0.0582 e. The smallest absolute Gasteiger partial charge is 0.00896 e. The van der Waals surface area contributed by atoms with Crippen LogP contribution in [-0.2, 0) is 86.6 Å². The molecule has 4 unspecified atom stereocenters. The molecule has 792 valence electrons. The zero-order valence-corrected chi connectivity index (χ0v) is 108. The number of hydrogen-bond acceptors (Lipinski definition) is 0. The van der Waals surface area contributed by atoms with Crippen molar-refractivity contribution in [2.45, 2.75) is 585 Å². The van der Waals surface area contributed by atoms with Gasteiger partial charge >= 0.3 is 0 Å². The van der Waals surface area contributed by atoms with Crippen LogP contribution in [-0.4, -0.2) is 0 Å². The first kappa shape index (κ1) is 115. The highest BCUT2D eigenvalue weighted by Crippen LogP contribution is 2.86. The van der Waals surface area contributed by atoms with Crippen molar-refractivity contribution in [3.63, 3.8) is 0 Å². The van der Waals surface area contributed by atoms with Crippen molar-refractivity contribution in [3.8, 4) is 0 Å². The number of benzene rings is 8. The van der Waals surface area contributed by atoms with Gasteiger partial charge in [-0.25, -0.2) is 0 Å². The van der Waals surface area contributed by atoms with Gasteiger partial charge in [0.05, 0.1) is 0 Å². The topological polar surface area (TPSA) is 0 Å². The summed E-state index contributed by atoms with van der Waals surface area (Å²) in [5, 5.41) is 0. The van der Waals surface area contributed by atoms with Crippen molar-refractivity contribution in [2.24, 2.45) is 43.3 Å². The first-order chi connectivity index (χ1) is 64.1. The van der Waals surface area contributed by atoms with Gasteiger partial charge in [-0.3, -0.25) is 0 Å². The van der Waals surface area contributed by atoms with Crippen LogP contribution in [0.3, 0.4) is 0 Å². The van der Waals surface area contributed by atoms with Gasteiger partial charge in [0.15, 0.2) is 0 Å². The molecule has 0 aromatic heterocycles. The van der Waals surface area contributed by atoms with Crippen LogP contribution in [0.2, 0.25) is 0 Å². The van der Waals surface area contributed by atoms with Gasteiger partial charge in [0.1, 0.15) is 0 Å². The molecule has 0 N–H and O–H groups in total. The van der Waals surface area contributed by atoms with Crippen molar-refractivity contribution >= 4 is 0 Å². The van der Waals surface area contributed by atoms with E-state index in [1.807, 2.05) is 0 Å². The second-order valence-electron chi connectivity index (χ2n) is 61.0. The molecule has 0 radical (unpaired) electrons. The Labute approximate surface area is 889 Å². The molecule has 0 amide bonds. The van der Waals surface area contributed by atoms with Gasteiger partial charge in [-0.15, -0.1) is 0 Å². The lowest BCUT2D eigenvalue weighted by Crippen LogP contribution is -2.65. The number of rotatable bonds is 4. The van der Waals surface area contributed by atoms with Crippen molar-refractivity contribution in [1.82, 2.24) is 0 Å². The highest BCUT2D eigenvalue weighted by Gasteiger charge is 2.82. The Morgan fingerprint density at radius 3 is 0.264 bits per heavy atom. The number of fused-ring (bicyclic) bond motifs is 8. The largest absolute Gasteiger partial charge is 0.0582 e. The Hall–Kier alpha value is -6.24. The standard InChI is InChI=1S/4C36H54/c1-19-21(3)25(7)29-27(23(19)5)31(9,10)33(13,14)35(29,17)36(18)30-26(8)22(4)20(2)24(6)28(30)32(11,12)34(36,15)16;2*1-19-20(2)24(6)28-27(23(19)5)32(11,12)36(18,33(28,13)14)35(17)30-26(8)22(4)21(3)25(7)29(30)31(9,10)34(35,15)16;1-19-20(2)24(6)28-27(23(19)5)31(9,10)35(17,32(28,11)12)36(18)33(13,14)29-25(7)21(3)22(4)26(8)30(29)34(36,15)16/h4*1-18H3. The lowest BCUT2D eigenvalue weighted by molar-refractivity contribution is -0.122. The molecular weight excluding hydrogens is 1730 g/mol. The van der Waals surface area contributed by atoms with E-state index in [9.17, 15) is 0 Å². The second-order valence-corrected chi connectivity index (χ2v) is 61.0. The molecule has 0 bridgehead atoms. The maximum absolute atomic E-state index is 2.68. The Balaban J connectivity index is 0.000000161. The lowest BCUT2D eigenvalue weighted by atomic mass is 9.36. The summed E-state index contributed by atoms with van der Waals surface area (Å²) < 4.78 is 0. The van der Waals surface area contributed by atoms with E-state index >= 15 is 0 Å². The summed E-state index contributed by atoms with van der Waals surface area (Å²) in [7, 11) is 0. The van der Waals surface area contributed by atoms with E-state index in [2.05, 4.69) is 499 Å². The fourth-order valence-corrected chi connectivity index (χ4v) is 41.0. The van der Waals surface area contributed by atoms with Crippen LogP contribution in [0.1, 0.15) is 544 Å².